The zero-order chi connectivity index (χ0) is 18.4. The van der Waals surface area contributed by atoms with E-state index in [0.29, 0.717) is 12.6 Å². The topological polar surface area (TPSA) is 72.2 Å². The Kier molecular flexibility index (Phi) is 6.02. The van der Waals surface area contributed by atoms with Crippen LogP contribution >= 0.6 is 11.8 Å². The lowest BCUT2D eigenvalue weighted by molar-refractivity contribution is -0.388. The van der Waals surface area contributed by atoms with Gasteiger partial charge in [0.05, 0.1) is 21.1 Å². The van der Waals surface area contributed by atoms with E-state index in [0.717, 1.165) is 29.5 Å². The summed E-state index contributed by atoms with van der Waals surface area (Å²) >= 11 is 0.817. The van der Waals surface area contributed by atoms with Crippen LogP contribution in [0.25, 0.3) is 0 Å². The molecule has 0 heterocycles. The van der Waals surface area contributed by atoms with E-state index in [-0.39, 0.29) is 16.6 Å². The van der Waals surface area contributed by atoms with Crippen molar-refractivity contribution in [2.24, 2.45) is 0 Å². The molecular weight excluding hydrogens is 357 g/mol. The molecule has 2 aromatic rings. The van der Waals surface area contributed by atoms with Gasteiger partial charge in [-0.3, -0.25) is 14.9 Å². The lowest BCUT2D eigenvalue weighted by Gasteiger charge is -2.09. The molecule has 0 unspecified atom stereocenters. The van der Waals surface area contributed by atoms with E-state index >= 15 is 0 Å². The molecule has 2 rings (SSSR count). The smallest absolute Gasteiger partial charge is 0.351 e. The number of rotatable bonds is 6. The van der Waals surface area contributed by atoms with E-state index in [1.165, 1.54) is 0 Å². The van der Waals surface area contributed by atoms with E-state index in [1.54, 1.807) is 0 Å². The van der Waals surface area contributed by atoms with Crippen molar-refractivity contribution < 1.29 is 22.9 Å². The van der Waals surface area contributed by atoms with Gasteiger partial charge in [0.2, 0.25) is 5.91 Å². The van der Waals surface area contributed by atoms with Gasteiger partial charge in [-0.15, -0.1) is 11.8 Å². The largest absolute Gasteiger partial charge is 0.416 e. The monoisotopic (exact) mass is 370 g/mol. The Bertz CT molecular complexity index is 767. The Balaban J connectivity index is 1.99. The third-order valence-electron chi connectivity index (χ3n) is 3.17. The van der Waals surface area contributed by atoms with Crippen molar-refractivity contribution in [3.63, 3.8) is 0 Å². The third-order valence-corrected chi connectivity index (χ3v) is 4.24. The van der Waals surface area contributed by atoms with Gasteiger partial charge < -0.3 is 5.32 Å². The molecule has 0 spiro atoms. The number of thioether (sulfide) groups is 1. The SMILES string of the molecule is O=C(CSc1ccc(C(F)(F)F)cc1[N+](=O)[O-])NCc1ccccc1. The third kappa shape index (κ3) is 5.49. The van der Waals surface area contributed by atoms with Crippen LogP contribution in [0.3, 0.4) is 0 Å². The number of hydrogen-bond acceptors (Lipinski definition) is 4. The fourth-order valence-corrected chi connectivity index (χ4v) is 2.78. The molecule has 9 heteroatoms. The van der Waals surface area contributed by atoms with Crippen molar-refractivity contribution in [3.05, 3.63) is 69.8 Å². The minimum Gasteiger partial charge on any atom is -0.351 e. The Morgan fingerprint density at radius 1 is 1.16 bits per heavy atom. The minimum atomic E-state index is -4.67. The second-order valence-electron chi connectivity index (χ2n) is 4.99. The first-order chi connectivity index (χ1) is 11.8. The summed E-state index contributed by atoms with van der Waals surface area (Å²) in [6.45, 7) is 0.301. The van der Waals surface area contributed by atoms with E-state index < -0.39 is 22.4 Å². The van der Waals surface area contributed by atoms with Crippen molar-refractivity contribution in [1.29, 1.82) is 0 Å². The van der Waals surface area contributed by atoms with Crippen LogP contribution in [0.5, 0.6) is 0 Å². The number of nitrogens with zero attached hydrogens (tertiary/aromatic N) is 1. The number of alkyl halides is 3. The van der Waals surface area contributed by atoms with Crippen LogP contribution in [0.4, 0.5) is 18.9 Å². The minimum absolute atomic E-state index is 0.00728. The highest BCUT2D eigenvalue weighted by atomic mass is 32.2. The van der Waals surface area contributed by atoms with Gasteiger partial charge in [0, 0.05) is 12.6 Å². The van der Waals surface area contributed by atoms with Gasteiger partial charge in [-0.2, -0.15) is 13.2 Å². The molecule has 0 saturated carbocycles. The lowest BCUT2D eigenvalue weighted by Crippen LogP contribution is -2.24. The number of hydrogen-bond donors (Lipinski definition) is 1. The van der Waals surface area contributed by atoms with E-state index in [1.807, 2.05) is 30.3 Å². The highest BCUT2D eigenvalue weighted by molar-refractivity contribution is 8.00. The highest BCUT2D eigenvalue weighted by Crippen LogP contribution is 2.36. The first-order valence-corrected chi connectivity index (χ1v) is 8.05. The molecule has 5 nitrogen and oxygen atoms in total. The van der Waals surface area contributed by atoms with Crippen LogP contribution in [-0.4, -0.2) is 16.6 Å². The summed E-state index contributed by atoms with van der Waals surface area (Å²) in [5.74, 6) is -0.512. The molecule has 0 atom stereocenters. The molecule has 1 N–H and O–H groups in total. The van der Waals surface area contributed by atoms with Gasteiger partial charge in [0.1, 0.15) is 0 Å². The van der Waals surface area contributed by atoms with Crippen molar-refractivity contribution in [2.45, 2.75) is 17.6 Å². The molecule has 0 aromatic heterocycles. The molecule has 1 amide bonds. The van der Waals surface area contributed by atoms with Crippen molar-refractivity contribution in [2.75, 3.05) is 5.75 Å². The molecule has 132 valence electrons. The number of nitrogens with one attached hydrogen (secondary N) is 1. The number of nitro benzene ring substituents is 1. The van der Waals surface area contributed by atoms with Gasteiger partial charge in [0.15, 0.2) is 0 Å². The summed E-state index contributed by atoms with van der Waals surface area (Å²) in [4.78, 5) is 21.9. The van der Waals surface area contributed by atoms with Gasteiger partial charge in [-0.1, -0.05) is 30.3 Å². The average molecular weight is 370 g/mol. The zero-order valence-corrected chi connectivity index (χ0v) is 13.6. The van der Waals surface area contributed by atoms with Gasteiger partial charge in [-0.25, -0.2) is 0 Å². The summed E-state index contributed by atoms with van der Waals surface area (Å²) in [6, 6.07) is 11.4. The van der Waals surface area contributed by atoms with Crippen LogP contribution in [0.15, 0.2) is 53.4 Å². The maximum absolute atomic E-state index is 12.6. The molecule has 0 bridgehead atoms. The average Bonchev–Trinajstić information content (AvgIpc) is 2.58. The summed E-state index contributed by atoms with van der Waals surface area (Å²) in [7, 11) is 0. The summed E-state index contributed by atoms with van der Waals surface area (Å²) in [5, 5.41) is 13.6. The quantitative estimate of drug-likeness (QED) is 0.474. The predicted octanol–water partition coefficient (Wildman–Crippen LogP) is 4.02. The Morgan fingerprint density at radius 3 is 2.44 bits per heavy atom. The first-order valence-electron chi connectivity index (χ1n) is 7.06. The number of carbonyl (C=O) groups is 1. The molecule has 0 radical (unpaired) electrons. The summed E-state index contributed by atoms with van der Waals surface area (Å²) in [5.41, 5.74) is -0.880. The van der Waals surface area contributed by atoms with Crippen molar-refractivity contribution in [3.8, 4) is 0 Å². The predicted molar refractivity (Wildman–Crippen MR) is 87.1 cm³/mol. The molecule has 0 fully saturated rings. The normalized spacial score (nSPS) is 11.2. The fraction of sp³-hybridized carbons (Fsp3) is 0.188. The van der Waals surface area contributed by atoms with E-state index in [4.69, 9.17) is 0 Å². The number of carbonyl (C=O) groups excluding carboxylic acids is 1. The number of nitro groups is 1. The molecule has 25 heavy (non-hydrogen) atoms. The summed E-state index contributed by atoms with van der Waals surface area (Å²) in [6.07, 6.45) is -4.67. The number of halogens is 3. The molecule has 0 aliphatic heterocycles. The van der Waals surface area contributed by atoms with Gasteiger partial charge >= 0.3 is 6.18 Å². The first kappa shape index (κ1) is 18.8. The van der Waals surface area contributed by atoms with Gasteiger partial charge in [-0.05, 0) is 17.7 Å². The van der Waals surface area contributed by atoms with E-state index in [9.17, 15) is 28.1 Å². The molecule has 2 aromatic carbocycles. The van der Waals surface area contributed by atoms with Crippen molar-refractivity contribution >= 4 is 23.4 Å². The van der Waals surface area contributed by atoms with Crippen molar-refractivity contribution in [1.82, 2.24) is 5.32 Å². The zero-order valence-electron chi connectivity index (χ0n) is 12.7. The molecular formula is C16H13F3N2O3S. The summed E-state index contributed by atoms with van der Waals surface area (Å²) < 4.78 is 37.9. The number of amides is 1. The van der Waals surface area contributed by atoms with Crippen LogP contribution < -0.4 is 5.32 Å². The van der Waals surface area contributed by atoms with Crippen LogP contribution in [0, 0.1) is 10.1 Å². The molecule has 0 saturated heterocycles. The number of benzene rings is 2. The van der Waals surface area contributed by atoms with Crippen LogP contribution in [0.1, 0.15) is 11.1 Å². The second-order valence-corrected chi connectivity index (χ2v) is 6.01. The highest BCUT2D eigenvalue weighted by Gasteiger charge is 2.33. The Morgan fingerprint density at radius 2 is 1.84 bits per heavy atom. The fourth-order valence-electron chi connectivity index (χ4n) is 1.95. The second kappa shape index (κ2) is 8.02. The van der Waals surface area contributed by atoms with Gasteiger partial charge in [0.25, 0.3) is 5.69 Å². The van der Waals surface area contributed by atoms with E-state index in [2.05, 4.69) is 5.32 Å². The Hall–Kier alpha value is -2.55. The van der Waals surface area contributed by atoms with Crippen LogP contribution in [-0.2, 0) is 17.5 Å². The maximum Gasteiger partial charge on any atom is 0.416 e. The standard InChI is InChI=1S/C16H13F3N2O3S/c17-16(18,19)12-6-7-14(13(8-12)21(23)24)25-10-15(22)20-9-11-4-2-1-3-5-11/h1-8H,9-10H2,(H,20,22). The Labute approximate surface area is 145 Å². The molecule has 0 aliphatic carbocycles. The van der Waals surface area contributed by atoms with Crippen LogP contribution in [0.2, 0.25) is 0 Å². The molecule has 0 aliphatic rings. The maximum atomic E-state index is 12.6. The lowest BCUT2D eigenvalue weighted by atomic mass is 10.2.